The second-order valence-electron chi connectivity index (χ2n) is 9.79. The smallest absolute Gasteiger partial charge is 0.224 e. The summed E-state index contributed by atoms with van der Waals surface area (Å²) in [5, 5.41) is 5.19. The van der Waals surface area contributed by atoms with E-state index >= 15 is 0 Å². The molecule has 0 saturated heterocycles. The van der Waals surface area contributed by atoms with Gasteiger partial charge in [-0.1, -0.05) is 37.5 Å². The lowest BCUT2D eigenvalue weighted by Crippen LogP contribution is -2.54. The molecule has 0 aliphatic heterocycles. The van der Waals surface area contributed by atoms with Crippen LogP contribution in [0.25, 0.3) is 33.2 Å². The summed E-state index contributed by atoms with van der Waals surface area (Å²) in [5.41, 5.74) is 3.35. The number of nitrogens with one attached hydrogen (secondary N) is 1. The standard InChI is InChI=1S/C29H33N3O3/c1-32(2)29(15-5-4-6-16-29)19-31-25(33)18-24-23-14-11-20-8-7-17-30-26(20)28(23)35-27(24)21-9-12-22(34-3)13-10-21/h7-14,17H,4-6,15-16,18-19H2,1-3H3,(H,31,33). The van der Waals surface area contributed by atoms with Crippen molar-refractivity contribution in [3.8, 4) is 17.1 Å². The zero-order valence-corrected chi connectivity index (χ0v) is 20.8. The summed E-state index contributed by atoms with van der Waals surface area (Å²) in [6, 6.07) is 15.8. The molecule has 0 bridgehead atoms. The van der Waals surface area contributed by atoms with Crippen molar-refractivity contribution < 1.29 is 13.9 Å². The lowest BCUT2D eigenvalue weighted by atomic mass is 9.80. The van der Waals surface area contributed by atoms with Crippen molar-refractivity contribution in [2.45, 2.75) is 44.1 Å². The van der Waals surface area contributed by atoms with Crippen molar-refractivity contribution in [2.75, 3.05) is 27.7 Å². The minimum absolute atomic E-state index is 0.00961. The molecule has 1 aliphatic rings. The van der Waals surface area contributed by atoms with Crippen molar-refractivity contribution in [3.63, 3.8) is 0 Å². The Hall–Kier alpha value is -3.38. The molecule has 1 aliphatic carbocycles. The number of furan rings is 1. The van der Waals surface area contributed by atoms with Crippen LogP contribution in [0.2, 0.25) is 0 Å². The van der Waals surface area contributed by atoms with E-state index in [1.54, 1.807) is 13.3 Å². The number of pyridine rings is 1. The number of likely N-dealkylation sites (N-methyl/N-ethyl adjacent to an activating group) is 1. The fraction of sp³-hybridized carbons (Fsp3) is 0.379. The largest absolute Gasteiger partial charge is 0.497 e. The van der Waals surface area contributed by atoms with Crippen molar-refractivity contribution in [3.05, 3.63) is 60.3 Å². The molecule has 2 heterocycles. The van der Waals surface area contributed by atoms with E-state index in [2.05, 4.69) is 29.3 Å². The molecule has 35 heavy (non-hydrogen) atoms. The second kappa shape index (κ2) is 9.70. The number of fused-ring (bicyclic) bond motifs is 3. The van der Waals surface area contributed by atoms with Gasteiger partial charge < -0.3 is 19.4 Å². The Morgan fingerprint density at radius 2 is 1.86 bits per heavy atom. The van der Waals surface area contributed by atoms with Crippen LogP contribution in [-0.4, -0.2) is 49.1 Å². The number of benzene rings is 2. The van der Waals surface area contributed by atoms with E-state index in [4.69, 9.17) is 9.15 Å². The Labute approximate surface area is 206 Å². The van der Waals surface area contributed by atoms with E-state index in [-0.39, 0.29) is 17.9 Å². The Kier molecular flexibility index (Phi) is 6.48. The number of amides is 1. The fourth-order valence-electron chi connectivity index (χ4n) is 5.37. The van der Waals surface area contributed by atoms with E-state index in [1.807, 2.05) is 48.5 Å². The molecular formula is C29H33N3O3. The van der Waals surface area contributed by atoms with Crippen LogP contribution in [0.5, 0.6) is 5.75 Å². The molecule has 2 aromatic carbocycles. The van der Waals surface area contributed by atoms with Crippen molar-refractivity contribution in [2.24, 2.45) is 0 Å². The van der Waals surface area contributed by atoms with Crippen LogP contribution >= 0.6 is 0 Å². The highest BCUT2D eigenvalue weighted by Crippen LogP contribution is 2.38. The molecule has 0 atom stereocenters. The van der Waals surface area contributed by atoms with E-state index in [9.17, 15) is 4.79 Å². The van der Waals surface area contributed by atoms with E-state index in [1.165, 1.54) is 19.3 Å². The molecule has 1 saturated carbocycles. The van der Waals surface area contributed by atoms with Crippen molar-refractivity contribution in [1.29, 1.82) is 0 Å². The maximum Gasteiger partial charge on any atom is 0.224 e. The van der Waals surface area contributed by atoms with Crippen LogP contribution in [0.4, 0.5) is 0 Å². The Bertz CT molecular complexity index is 1330. The van der Waals surface area contributed by atoms with Gasteiger partial charge in [0.25, 0.3) is 0 Å². The molecule has 1 amide bonds. The van der Waals surface area contributed by atoms with Gasteiger partial charge in [-0.15, -0.1) is 0 Å². The number of aromatic nitrogens is 1. The van der Waals surface area contributed by atoms with Gasteiger partial charge in [-0.2, -0.15) is 0 Å². The normalized spacial score (nSPS) is 15.5. The first-order valence-corrected chi connectivity index (χ1v) is 12.4. The molecular weight excluding hydrogens is 438 g/mol. The summed E-state index contributed by atoms with van der Waals surface area (Å²) in [7, 11) is 5.90. The van der Waals surface area contributed by atoms with Gasteiger partial charge in [0, 0.05) is 40.2 Å². The highest BCUT2D eigenvalue weighted by Gasteiger charge is 2.34. The first-order chi connectivity index (χ1) is 17.0. The molecule has 0 unspecified atom stereocenters. The molecule has 4 aromatic rings. The highest BCUT2D eigenvalue weighted by molar-refractivity contribution is 6.06. The van der Waals surface area contributed by atoms with Crippen LogP contribution in [0, 0.1) is 0 Å². The van der Waals surface area contributed by atoms with Gasteiger partial charge in [-0.25, -0.2) is 0 Å². The number of ether oxygens (including phenoxy) is 1. The third-order valence-corrected chi connectivity index (χ3v) is 7.57. The first kappa shape index (κ1) is 23.4. The monoisotopic (exact) mass is 471 g/mol. The first-order valence-electron chi connectivity index (χ1n) is 12.4. The molecule has 1 fully saturated rings. The molecule has 6 heteroatoms. The fourth-order valence-corrected chi connectivity index (χ4v) is 5.37. The van der Waals surface area contributed by atoms with Gasteiger partial charge in [0.15, 0.2) is 5.58 Å². The number of nitrogens with zero attached hydrogens (tertiary/aromatic N) is 2. The van der Waals surface area contributed by atoms with Crippen LogP contribution < -0.4 is 10.1 Å². The molecule has 6 nitrogen and oxygen atoms in total. The summed E-state index contributed by atoms with van der Waals surface area (Å²) >= 11 is 0. The number of methoxy groups -OCH3 is 1. The third-order valence-electron chi connectivity index (χ3n) is 7.57. The lowest BCUT2D eigenvalue weighted by molar-refractivity contribution is -0.121. The Morgan fingerprint density at radius 3 is 2.57 bits per heavy atom. The van der Waals surface area contributed by atoms with Crippen LogP contribution in [0.1, 0.15) is 37.7 Å². The molecule has 0 radical (unpaired) electrons. The van der Waals surface area contributed by atoms with E-state index < -0.39 is 0 Å². The topological polar surface area (TPSA) is 67.6 Å². The quantitative estimate of drug-likeness (QED) is 0.381. The summed E-state index contributed by atoms with van der Waals surface area (Å²) in [6.45, 7) is 0.664. The number of hydrogen-bond acceptors (Lipinski definition) is 5. The van der Waals surface area contributed by atoms with Gasteiger partial charge in [0.2, 0.25) is 5.91 Å². The van der Waals surface area contributed by atoms with Gasteiger partial charge in [0.05, 0.1) is 13.5 Å². The van der Waals surface area contributed by atoms with Crippen molar-refractivity contribution in [1.82, 2.24) is 15.2 Å². The van der Waals surface area contributed by atoms with Gasteiger partial charge in [-0.3, -0.25) is 9.78 Å². The van der Waals surface area contributed by atoms with E-state index in [0.29, 0.717) is 17.9 Å². The third kappa shape index (κ3) is 4.50. The zero-order valence-electron chi connectivity index (χ0n) is 20.8. The summed E-state index contributed by atoms with van der Waals surface area (Å²) in [5.74, 6) is 1.49. The number of rotatable bonds is 7. The Morgan fingerprint density at radius 1 is 1.09 bits per heavy atom. The summed E-state index contributed by atoms with van der Waals surface area (Å²) in [6.07, 6.45) is 7.94. The second-order valence-corrected chi connectivity index (χ2v) is 9.79. The average molecular weight is 472 g/mol. The predicted octanol–water partition coefficient (Wildman–Crippen LogP) is 5.58. The molecule has 0 spiro atoms. The molecule has 182 valence electrons. The molecule has 5 rings (SSSR count). The predicted molar refractivity (Wildman–Crippen MR) is 140 cm³/mol. The maximum atomic E-state index is 13.3. The average Bonchev–Trinajstić information content (AvgIpc) is 3.26. The minimum Gasteiger partial charge on any atom is -0.497 e. The molecule has 1 N–H and O–H groups in total. The SMILES string of the molecule is COc1ccc(-c2oc3c(ccc4cccnc43)c2CC(=O)NCC2(N(C)C)CCCCC2)cc1. The zero-order chi connectivity index (χ0) is 24.4. The number of carbonyl (C=O) groups excluding carboxylic acids is 1. The number of hydrogen-bond donors (Lipinski definition) is 1. The summed E-state index contributed by atoms with van der Waals surface area (Å²) in [4.78, 5) is 20.2. The van der Waals surface area contributed by atoms with Gasteiger partial charge in [-0.05, 0) is 57.3 Å². The van der Waals surface area contributed by atoms with Crippen LogP contribution in [0.3, 0.4) is 0 Å². The minimum atomic E-state index is 0.00961. The van der Waals surface area contributed by atoms with Crippen LogP contribution in [-0.2, 0) is 11.2 Å². The number of carbonyl (C=O) groups is 1. The maximum absolute atomic E-state index is 13.3. The summed E-state index contributed by atoms with van der Waals surface area (Å²) < 4.78 is 11.8. The lowest BCUT2D eigenvalue weighted by Gasteiger charge is -2.43. The Balaban J connectivity index is 1.50. The van der Waals surface area contributed by atoms with E-state index in [0.717, 1.165) is 46.0 Å². The van der Waals surface area contributed by atoms with Crippen molar-refractivity contribution >= 4 is 27.8 Å². The molecule has 2 aromatic heterocycles. The van der Waals surface area contributed by atoms with Gasteiger partial charge in [0.1, 0.15) is 17.0 Å². The van der Waals surface area contributed by atoms with Gasteiger partial charge >= 0.3 is 0 Å². The van der Waals surface area contributed by atoms with Crippen LogP contribution in [0.15, 0.2) is 59.1 Å². The highest BCUT2D eigenvalue weighted by atomic mass is 16.5.